The van der Waals surface area contributed by atoms with Crippen LogP contribution in [0.5, 0.6) is 5.75 Å². The average Bonchev–Trinajstić information content (AvgIpc) is 2.79. The Balaban J connectivity index is 1.71. The monoisotopic (exact) mass is 453 g/mol. The van der Waals surface area contributed by atoms with Crippen LogP contribution in [0.1, 0.15) is 22.8 Å². The maximum Gasteiger partial charge on any atom is 0.345 e. The van der Waals surface area contributed by atoms with Crippen LogP contribution in [0.4, 0.5) is 10.1 Å². The number of esters is 1. The van der Waals surface area contributed by atoms with E-state index in [0.717, 1.165) is 6.07 Å². The molecule has 0 aliphatic heterocycles. The Bertz CT molecular complexity index is 1210. The van der Waals surface area contributed by atoms with Crippen LogP contribution in [0, 0.1) is 5.82 Å². The molecule has 32 heavy (non-hydrogen) atoms. The summed E-state index contributed by atoms with van der Waals surface area (Å²) >= 11 is 6.04. The van der Waals surface area contributed by atoms with Gasteiger partial charge in [-0.2, -0.15) is 5.10 Å². The number of nitrogens with zero attached hydrogens (tertiary/aromatic N) is 1. The molecular formula is C23H17ClFN3O4. The molecule has 0 atom stereocenters. The molecule has 7 nitrogen and oxygen atoms in total. The van der Waals surface area contributed by atoms with Crippen molar-refractivity contribution in [3.63, 3.8) is 0 Å². The summed E-state index contributed by atoms with van der Waals surface area (Å²) in [5.74, 6) is -3.35. The summed E-state index contributed by atoms with van der Waals surface area (Å²) in [6, 6.07) is 18.4. The van der Waals surface area contributed by atoms with Crippen molar-refractivity contribution in [1.29, 1.82) is 0 Å². The van der Waals surface area contributed by atoms with Gasteiger partial charge in [-0.05, 0) is 43.3 Å². The van der Waals surface area contributed by atoms with E-state index in [1.54, 1.807) is 49.4 Å². The van der Waals surface area contributed by atoms with Crippen molar-refractivity contribution < 1.29 is 23.5 Å². The van der Waals surface area contributed by atoms with E-state index in [-0.39, 0.29) is 27.7 Å². The summed E-state index contributed by atoms with van der Waals surface area (Å²) in [5, 5.41) is 6.28. The first kappa shape index (κ1) is 22.6. The van der Waals surface area contributed by atoms with E-state index in [1.807, 2.05) is 0 Å². The van der Waals surface area contributed by atoms with Crippen LogP contribution in [-0.4, -0.2) is 23.5 Å². The highest BCUT2D eigenvalue weighted by Gasteiger charge is 2.17. The second kappa shape index (κ2) is 10.3. The maximum atomic E-state index is 13.6. The van der Waals surface area contributed by atoms with Crippen molar-refractivity contribution >= 4 is 40.8 Å². The molecule has 3 aromatic carbocycles. The largest absolute Gasteiger partial charge is 0.422 e. The van der Waals surface area contributed by atoms with Crippen LogP contribution < -0.4 is 15.5 Å². The standard InChI is InChI=1S/C23H17ClFN3O4/c1-14(27-28-22(30)21(29)26-19-12-6-5-11-18(19)25)15-8-3-7-13-20(15)32-23(31)16-9-2-4-10-17(16)24/h2-13H,1H3,(H,26,29)(H,28,30). The number of hydrazone groups is 1. The summed E-state index contributed by atoms with van der Waals surface area (Å²) in [5.41, 5.74) is 2.82. The number of benzene rings is 3. The Kier molecular flexibility index (Phi) is 7.30. The van der Waals surface area contributed by atoms with Crippen LogP contribution in [0.2, 0.25) is 5.02 Å². The van der Waals surface area contributed by atoms with Crippen molar-refractivity contribution in [3.8, 4) is 5.75 Å². The molecule has 0 radical (unpaired) electrons. The Morgan fingerprint density at radius 2 is 1.50 bits per heavy atom. The number of halogens is 2. The van der Waals surface area contributed by atoms with Crippen LogP contribution >= 0.6 is 11.6 Å². The third-order valence-electron chi connectivity index (χ3n) is 4.23. The van der Waals surface area contributed by atoms with Crippen molar-refractivity contribution in [2.75, 3.05) is 5.32 Å². The van der Waals surface area contributed by atoms with Gasteiger partial charge in [-0.3, -0.25) is 9.59 Å². The lowest BCUT2D eigenvalue weighted by molar-refractivity contribution is -0.136. The van der Waals surface area contributed by atoms with Crippen LogP contribution in [-0.2, 0) is 9.59 Å². The van der Waals surface area contributed by atoms with E-state index in [4.69, 9.17) is 16.3 Å². The number of nitrogens with one attached hydrogen (secondary N) is 2. The first-order chi connectivity index (χ1) is 15.4. The number of hydrogen-bond acceptors (Lipinski definition) is 5. The Hall–Kier alpha value is -4.04. The summed E-state index contributed by atoms with van der Waals surface area (Å²) in [6.45, 7) is 1.55. The molecule has 3 rings (SSSR count). The minimum Gasteiger partial charge on any atom is -0.422 e. The van der Waals surface area contributed by atoms with E-state index in [2.05, 4.69) is 15.8 Å². The number of anilines is 1. The fourth-order valence-corrected chi connectivity index (χ4v) is 2.84. The second-order valence-electron chi connectivity index (χ2n) is 6.44. The van der Waals surface area contributed by atoms with Gasteiger partial charge in [0.15, 0.2) is 0 Å². The zero-order valence-corrected chi connectivity index (χ0v) is 17.5. The molecule has 2 N–H and O–H groups in total. The van der Waals surface area contributed by atoms with E-state index in [9.17, 15) is 18.8 Å². The number of amides is 2. The molecule has 0 bridgehead atoms. The van der Waals surface area contributed by atoms with Gasteiger partial charge in [0.05, 0.1) is 22.0 Å². The van der Waals surface area contributed by atoms with Crippen molar-refractivity contribution in [2.45, 2.75) is 6.92 Å². The summed E-state index contributed by atoms with van der Waals surface area (Å²) < 4.78 is 19.1. The SMILES string of the molecule is CC(=NNC(=O)C(=O)Nc1ccccc1F)c1ccccc1OC(=O)c1ccccc1Cl. The average molecular weight is 454 g/mol. The lowest BCUT2D eigenvalue weighted by atomic mass is 10.1. The number of ether oxygens (including phenoxy) is 1. The van der Waals surface area contributed by atoms with Crippen LogP contribution in [0.15, 0.2) is 77.9 Å². The number of para-hydroxylation sites is 2. The van der Waals surface area contributed by atoms with Crippen LogP contribution in [0.25, 0.3) is 0 Å². The Morgan fingerprint density at radius 1 is 0.875 bits per heavy atom. The molecule has 162 valence electrons. The number of hydrogen-bond donors (Lipinski definition) is 2. The Labute approximate surface area is 187 Å². The van der Waals surface area contributed by atoms with E-state index < -0.39 is 23.6 Å². The van der Waals surface area contributed by atoms with Gasteiger partial charge >= 0.3 is 17.8 Å². The van der Waals surface area contributed by atoms with E-state index >= 15 is 0 Å². The quantitative estimate of drug-likeness (QED) is 0.199. The smallest absolute Gasteiger partial charge is 0.345 e. The molecule has 0 aliphatic carbocycles. The van der Waals surface area contributed by atoms with Crippen molar-refractivity contribution in [3.05, 3.63) is 94.8 Å². The minimum absolute atomic E-state index is 0.134. The second-order valence-corrected chi connectivity index (χ2v) is 6.84. The molecule has 0 unspecified atom stereocenters. The highest BCUT2D eigenvalue weighted by atomic mass is 35.5. The third kappa shape index (κ3) is 5.55. The third-order valence-corrected chi connectivity index (χ3v) is 4.56. The van der Waals surface area contributed by atoms with Gasteiger partial charge in [0.25, 0.3) is 0 Å². The topological polar surface area (TPSA) is 96.9 Å². The van der Waals surface area contributed by atoms with Gasteiger partial charge in [-0.15, -0.1) is 0 Å². The molecule has 0 aliphatic rings. The zero-order chi connectivity index (χ0) is 23.1. The van der Waals surface area contributed by atoms with E-state index in [0.29, 0.717) is 5.56 Å². The highest BCUT2D eigenvalue weighted by Crippen LogP contribution is 2.22. The molecule has 0 aromatic heterocycles. The van der Waals surface area contributed by atoms with Gasteiger partial charge in [0.1, 0.15) is 11.6 Å². The number of rotatable bonds is 5. The first-order valence-corrected chi connectivity index (χ1v) is 9.71. The molecule has 0 heterocycles. The van der Waals surface area contributed by atoms with Crippen LogP contribution in [0.3, 0.4) is 0 Å². The van der Waals surface area contributed by atoms with Gasteiger partial charge in [0.2, 0.25) is 0 Å². The molecule has 0 saturated heterocycles. The van der Waals surface area contributed by atoms with E-state index in [1.165, 1.54) is 24.3 Å². The fraction of sp³-hybridized carbons (Fsp3) is 0.0435. The zero-order valence-electron chi connectivity index (χ0n) is 16.8. The number of carbonyl (C=O) groups is 3. The van der Waals surface area contributed by atoms with Gasteiger partial charge in [0, 0.05) is 5.56 Å². The molecule has 2 amide bonds. The summed E-state index contributed by atoms with van der Waals surface area (Å²) in [7, 11) is 0. The predicted molar refractivity (Wildman–Crippen MR) is 118 cm³/mol. The molecule has 0 spiro atoms. The molecule has 9 heteroatoms. The molecule has 0 fully saturated rings. The van der Waals surface area contributed by atoms with Crippen molar-refractivity contribution in [2.24, 2.45) is 5.10 Å². The fourth-order valence-electron chi connectivity index (χ4n) is 2.62. The van der Waals surface area contributed by atoms with Gasteiger partial charge in [-0.25, -0.2) is 14.6 Å². The summed E-state index contributed by atoms with van der Waals surface area (Å²) in [6.07, 6.45) is 0. The maximum absolute atomic E-state index is 13.6. The predicted octanol–water partition coefficient (Wildman–Crippen LogP) is 4.18. The molecule has 0 saturated carbocycles. The molecule has 3 aromatic rings. The number of carbonyl (C=O) groups excluding carboxylic acids is 3. The molecular weight excluding hydrogens is 437 g/mol. The van der Waals surface area contributed by atoms with Gasteiger partial charge < -0.3 is 10.1 Å². The summed E-state index contributed by atoms with van der Waals surface area (Å²) in [4.78, 5) is 36.5. The minimum atomic E-state index is -1.10. The van der Waals surface area contributed by atoms with Gasteiger partial charge in [-0.1, -0.05) is 48.0 Å². The highest BCUT2D eigenvalue weighted by molar-refractivity contribution is 6.39. The first-order valence-electron chi connectivity index (χ1n) is 9.33. The lowest BCUT2D eigenvalue weighted by Gasteiger charge is -2.11. The van der Waals surface area contributed by atoms with Crippen molar-refractivity contribution in [1.82, 2.24) is 5.43 Å². The normalized spacial score (nSPS) is 10.9. The lowest BCUT2D eigenvalue weighted by Crippen LogP contribution is -2.33. The Morgan fingerprint density at radius 3 is 2.22 bits per heavy atom.